The standard InChI is InChI=1S/C26H24N2O6/c1-33-26(32)22-14-16-5-11-20(12-6-16)34-21-4-2-3-17(13-21)15-23(30)28-24(25(31)27-22)18-7-9-19(29)10-8-18/h2-13,22,24,29H,14-15H2,1H3,(H,27,31)(H,28,30)/t22-,24+/m0/s1. The van der Waals surface area contributed by atoms with Gasteiger partial charge in [0.05, 0.1) is 13.5 Å². The maximum Gasteiger partial charge on any atom is 0.328 e. The van der Waals surface area contributed by atoms with Crippen LogP contribution in [-0.2, 0) is 32.0 Å². The Morgan fingerprint density at radius 1 is 0.941 bits per heavy atom. The van der Waals surface area contributed by atoms with E-state index in [0.29, 0.717) is 22.6 Å². The maximum absolute atomic E-state index is 13.3. The second-order valence-electron chi connectivity index (χ2n) is 7.95. The van der Waals surface area contributed by atoms with E-state index < -0.39 is 29.9 Å². The molecule has 0 saturated heterocycles. The Labute approximate surface area is 196 Å². The summed E-state index contributed by atoms with van der Waals surface area (Å²) in [5.74, 6) is -0.378. The summed E-state index contributed by atoms with van der Waals surface area (Å²) in [6.45, 7) is 0. The maximum atomic E-state index is 13.3. The van der Waals surface area contributed by atoms with Gasteiger partial charge >= 0.3 is 5.97 Å². The van der Waals surface area contributed by atoms with Crippen molar-refractivity contribution < 1.29 is 29.0 Å². The fourth-order valence-electron chi connectivity index (χ4n) is 3.74. The molecule has 2 atom stereocenters. The van der Waals surface area contributed by atoms with Gasteiger partial charge < -0.3 is 25.2 Å². The highest BCUT2D eigenvalue weighted by molar-refractivity contribution is 5.92. The number of esters is 1. The normalized spacial score (nSPS) is 18.4. The zero-order valence-electron chi connectivity index (χ0n) is 18.5. The molecule has 2 amide bonds. The molecule has 4 bridgehead atoms. The summed E-state index contributed by atoms with van der Waals surface area (Å²) < 4.78 is 10.8. The topological polar surface area (TPSA) is 114 Å². The van der Waals surface area contributed by atoms with Crippen molar-refractivity contribution in [1.29, 1.82) is 0 Å². The molecule has 174 valence electrons. The van der Waals surface area contributed by atoms with Gasteiger partial charge in [-0.15, -0.1) is 0 Å². The summed E-state index contributed by atoms with van der Waals surface area (Å²) in [6, 6.07) is 18.2. The number of ether oxygens (including phenoxy) is 2. The van der Waals surface area contributed by atoms with E-state index in [-0.39, 0.29) is 18.6 Å². The number of rotatable bonds is 2. The van der Waals surface area contributed by atoms with Crippen LogP contribution >= 0.6 is 0 Å². The zero-order chi connectivity index (χ0) is 24.1. The van der Waals surface area contributed by atoms with E-state index in [4.69, 9.17) is 9.47 Å². The van der Waals surface area contributed by atoms with Crippen molar-refractivity contribution in [2.24, 2.45) is 0 Å². The van der Waals surface area contributed by atoms with Gasteiger partial charge in [-0.3, -0.25) is 9.59 Å². The molecule has 8 nitrogen and oxygen atoms in total. The van der Waals surface area contributed by atoms with Crippen molar-refractivity contribution in [1.82, 2.24) is 10.6 Å². The van der Waals surface area contributed by atoms with Gasteiger partial charge in [-0.1, -0.05) is 36.4 Å². The van der Waals surface area contributed by atoms with Gasteiger partial charge in [-0.2, -0.15) is 0 Å². The fourth-order valence-corrected chi connectivity index (χ4v) is 3.74. The van der Waals surface area contributed by atoms with E-state index in [0.717, 1.165) is 5.56 Å². The largest absolute Gasteiger partial charge is 0.508 e. The van der Waals surface area contributed by atoms with Crippen LogP contribution in [0.5, 0.6) is 17.2 Å². The first kappa shape index (κ1) is 22.8. The van der Waals surface area contributed by atoms with Crippen LogP contribution in [0.15, 0.2) is 72.8 Å². The number of benzene rings is 3. The van der Waals surface area contributed by atoms with Crippen molar-refractivity contribution >= 4 is 17.8 Å². The molecule has 0 unspecified atom stereocenters. The molecule has 0 aromatic heterocycles. The van der Waals surface area contributed by atoms with Gasteiger partial charge in [0.2, 0.25) is 11.8 Å². The molecule has 8 heteroatoms. The third-order valence-electron chi connectivity index (χ3n) is 5.46. The number of phenolic OH excluding ortho intramolecular Hbond substituents is 1. The number of amides is 2. The molecular formula is C26H24N2O6. The van der Waals surface area contributed by atoms with Gasteiger partial charge in [-0.05, 0) is 53.1 Å². The van der Waals surface area contributed by atoms with Crippen LogP contribution in [0.3, 0.4) is 0 Å². The van der Waals surface area contributed by atoms with Gasteiger partial charge in [0.25, 0.3) is 0 Å². The molecule has 3 aromatic rings. The van der Waals surface area contributed by atoms with Crippen LogP contribution in [0.1, 0.15) is 22.7 Å². The lowest BCUT2D eigenvalue weighted by Gasteiger charge is -2.23. The second-order valence-corrected chi connectivity index (χ2v) is 7.95. The van der Waals surface area contributed by atoms with E-state index in [1.165, 1.54) is 19.2 Å². The van der Waals surface area contributed by atoms with Crippen LogP contribution in [0, 0.1) is 0 Å². The van der Waals surface area contributed by atoms with E-state index in [1.54, 1.807) is 48.5 Å². The van der Waals surface area contributed by atoms with Crippen molar-refractivity contribution in [3.05, 3.63) is 89.5 Å². The highest BCUT2D eigenvalue weighted by Crippen LogP contribution is 2.24. The van der Waals surface area contributed by atoms with Crippen LogP contribution in [0.4, 0.5) is 0 Å². The third-order valence-corrected chi connectivity index (χ3v) is 5.46. The third kappa shape index (κ3) is 5.53. The van der Waals surface area contributed by atoms with E-state index in [9.17, 15) is 19.5 Å². The predicted molar refractivity (Wildman–Crippen MR) is 123 cm³/mol. The number of hydrogen-bond acceptors (Lipinski definition) is 6. The molecule has 3 N–H and O–H groups in total. The Kier molecular flexibility index (Phi) is 6.77. The average Bonchev–Trinajstić information content (AvgIpc) is 2.83. The van der Waals surface area contributed by atoms with Crippen LogP contribution in [0.25, 0.3) is 0 Å². The minimum absolute atomic E-state index is 0.0123. The van der Waals surface area contributed by atoms with Gasteiger partial charge in [-0.25, -0.2) is 4.79 Å². The molecule has 0 spiro atoms. The highest BCUT2D eigenvalue weighted by atomic mass is 16.5. The lowest BCUT2D eigenvalue weighted by Crippen LogP contribution is -2.48. The van der Waals surface area contributed by atoms with Gasteiger partial charge in [0.15, 0.2) is 0 Å². The summed E-state index contributed by atoms with van der Waals surface area (Å²) >= 11 is 0. The first-order valence-electron chi connectivity index (χ1n) is 10.7. The zero-order valence-corrected chi connectivity index (χ0v) is 18.5. The monoisotopic (exact) mass is 460 g/mol. The molecule has 0 fully saturated rings. The SMILES string of the molecule is COC(=O)[C@@H]1Cc2ccc(cc2)Oc2cccc(c2)CC(=O)N[C@H](c2ccc(O)cc2)C(=O)N1. The lowest BCUT2D eigenvalue weighted by atomic mass is 10.0. The number of hydrogen-bond donors (Lipinski definition) is 3. The lowest BCUT2D eigenvalue weighted by molar-refractivity contribution is -0.145. The number of carbonyl (C=O) groups is 3. The van der Waals surface area contributed by atoms with E-state index in [2.05, 4.69) is 10.6 Å². The Bertz CT molecular complexity index is 1190. The minimum Gasteiger partial charge on any atom is -0.508 e. The summed E-state index contributed by atoms with van der Waals surface area (Å²) in [5.41, 5.74) is 1.94. The minimum atomic E-state index is -1.09. The highest BCUT2D eigenvalue weighted by Gasteiger charge is 2.29. The summed E-state index contributed by atoms with van der Waals surface area (Å²) in [4.78, 5) is 38.6. The van der Waals surface area contributed by atoms with Crippen molar-refractivity contribution in [3.63, 3.8) is 0 Å². The molecule has 2 heterocycles. The molecule has 0 radical (unpaired) electrons. The summed E-state index contributed by atoms with van der Waals surface area (Å²) in [7, 11) is 1.25. The second kappa shape index (κ2) is 10.1. The molecule has 2 aliphatic heterocycles. The summed E-state index contributed by atoms with van der Waals surface area (Å²) in [6.07, 6.45) is 0.197. The molecular weight excluding hydrogens is 436 g/mol. The number of carbonyl (C=O) groups excluding carboxylic acids is 3. The summed E-state index contributed by atoms with van der Waals surface area (Å²) in [5, 5.41) is 15.1. The Hall–Kier alpha value is -4.33. The molecule has 0 saturated carbocycles. The Morgan fingerprint density at radius 2 is 1.68 bits per heavy atom. The number of aromatic hydroxyl groups is 1. The van der Waals surface area contributed by atoms with E-state index >= 15 is 0 Å². The van der Waals surface area contributed by atoms with Crippen LogP contribution < -0.4 is 15.4 Å². The van der Waals surface area contributed by atoms with Gasteiger partial charge in [0, 0.05) is 6.42 Å². The average molecular weight is 460 g/mol. The Balaban J connectivity index is 1.72. The van der Waals surface area contributed by atoms with E-state index in [1.807, 2.05) is 12.1 Å². The molecule has 5 rings (SSSR count). The fraction of sp³-hybridized carbons (Fsp3) is 0.192. The Morgan fingerprint density at radius 3 is 2.38 bits per heavy atom. The smallest absolute Gasteiger partial charge is 0.328 e. The van der Waals surface area contributed by atoms with Gasteiger partial charge in [0.1, 0.15) is 29.3 Å². The number of phenols is 1. The molecule has 34 heavy (non-hydrogen) atoms. The predicted octanol–water partition coefficient (Wildman–Crippen LogP) is 2.80. The first-order valence-corrected chi connectivity index (χ1v) is 10.7. The van der Waals surface area contributed by atoms with Crippen molar-refractivity contribution in [3.8, 4) is 17.2 Å². The van der Waals surface area contributed by atoms with Crippen molar-refractivity contribution in [2.75, 3.05) is 7.11 Å². The van der Waals surface area contributed by atoms with Crippen LogP contribution in [-0.4, -0.2) is 36.0 Å². The number of nitrogens with one attached hydrogen (secondary N) is 2. The molecule has 3 aromatic carbocycles. The first-order chi connectivity index (χ1) is 16.4. The van der Waals surface area contributed by atoms with Crippen LogP contribution in [0.2, 0.25) is 0 Å². The molecule has 2 aliphatic rings. The number of fused-ring (bicyclic) bond motifs is 9. The number of methoxy groups -OCH3 is 1. The molecule has 0 aliphatic carbocycles. The quantitative estimate of drug-likeness (QED) is 0.507. The van der Waals surface area contributed by atoms with Crippen molar-refractivity contribution in [2.45, 2.75) is 24.9 Å².